The van der Waals surface area contributed by atoms with Crippen molar-refractivity contribution in [1.82, 2.24) is 15.0 Å². The van der Waals surface area contributed by atoms with Crippen LogP contribution in [0.1, 0.15) is 10.4 Å². The minimum atomic E-state index is -0.363. The molecule has 2 aromatic rings. The zero-order valence-electron chi connectivity index (χ0n) is 11.0. The molecule has 0 aliphatic heterocycles. The monoisotopic (exact) mass is 400 g/mol. The van der Waals surface area contributed by atoms with E-state index < -0.39 is 0 Å². The largest absolute Gasteiger partial charge is 0.492 e. The molecule has 0 atom stereocenters. The van der Waals surface area contributed by atoms with Gasteiger partial charge < -0.3 is 4.74 Å². The van der Waals surface area contributed by atoms with Crippen molar-refractivity contribution in [3.8, 4) is 5.75 Å². The number of benzene rings is 1. The summed E-state index contributed by atoms with van der Waals surface area (Å²) in [5.41, 5.74) is 2.41. The van der Waals surface area contributed by atoms with Gasteiger partial charge in [0, 0.05) is 11.8 Å². The molecule has 8 heteroatoms. The number of rotatable bonds is 5. The fourth-order valence-electron chi connectivity index (χ4n) is 1.63. The van der Waals surface area contributed by atoms with E-state index in [1.165, 1.54) is 17.1 Å². The van der Waals surface area contributed by atoms with Crippen molar-refractivity contribution in [1.29, 1.82) is 0 Å². The van der Waals surface area contributed by atoms with Crippen molar-refractivity contribution in [2.75, 3.05) is 6.61 Å². The summed E-state index contributed by atoms with van der Waals surface area (Å²) in [4.78, 5) is 27.0. The van der Waals surface area contributed by atoms with Crippen LogP contribution in [-0.2, 0) is 6.54 Å². The van der Waals surface area contributed by atoms with E-state index in [1.54, 1.807) is 24.3 Å². The summed E-state index contributed by atoms with van der Waals surface area (Å²) >= 11 is 1.94. The lowest BCUT2D eigenvalue weighted by Crippen LogP contribution is -2.29. The standard InChI is InChI=1S/C13H13IN4O3/c14-11-7-16-8-18(13(11)20)5-6-21-10-3-1-9(2-4-10)12(19)17-15/h1-4,7-8H,5-6,15H2,(H,17,19). The first-order valence-electron chi connectivity index (χ1n) is 6.05. The number of nitrogen functional groups attached to an aromatic ring is 1. The van der Waals surface area contributed by atoms with Crippen LogP contribution >= 0.6 is 22.6 Å². The molecule has 7 nitrogen and oxygen atoms in total. The van der Waals surface area contributed by atoms with Gasteiger partial charge >= 0.3 is 0 Å². The molecule has 0 aliphatic carbocycles. The Morgan fingerprint density at radius 2 is 2.10 bits per heavy atom. The van der Waals surface area contributed by atoms with Gasteiger partial charge in [0.2, 0.25) is 0 Å². The van der Waals surface area contributed by atoms with Crippen molar-refractivity contribution in [3.05, 3.63) is 56.3 Å². The Kier molecular flexibility index (Phi) is 5.28. The van der Waals surface area contributed by atoms with Gasteiger partial charge in [0.15, 0.2) is 0 Å². The molecule has 0 aliphatic rings. The first kappa shape index (κ1) is 15.4. The number of nitrogens with one attached hydrogen (secondary N) is 1. The normalized spacial score (nSPS) is 10.2. The van der Waals surface area contributed by atoms with E-state index in [0.29, 0.717) is 28.0 Å². The summed E-state index contributed by atoms with van der Waals surface area (Å²) in [5.74, 6) is 5.29. The number of halogens is 1. The van der Waals surface area contributed by atoms with Crippen molar-refractivity contribution in [2.45, 2.75) is 6.54 Å². The molecule has 3 N–H and O–H groups in total. The first-order chi connectivity index (χ1) is 10.1. The molecule has 0 saturated carbocycles. The summed E-state index contributed by atoms with van der Waals surface area (Å²) in [7, 11) is 0. The van der Waals surface area contributed by atoms with Gasteiger partial charge in [0.05, 0.1) is 16.4 Å². The average Bonchev–Trinajstić information content (AvgIpc) is 2.51. The number of amides is 1. The van der Waals surface area contributed by atoms with Crippen LogP contribution in [0.4, 0.5) is 0 Å². The Hall–Kier alpha value is -1.94. The van der Waals surface area contributed by atoms with E-state index >= 15 is 0 Å². The van der Waals surface area contributed by atoms with Crippen molar-refractivity contribution >= 4 is 28.5 Å². The molecule has 1 aromatic heterocycles. The molecule has 2 rings (SSSR count). The number of hydrogen-bond donors (Lipinski definition) is 2. The van der Waals surface area contributed by atoms with Crippen molar-refractivity contribution in [2.24, 2.45) is 5.84 Å². The van der Waals surface area contributed by atoms with Gasteiger partial charge in [-0.2, -0.15) is 0 Å². The summed E-state index contributed by atoms with van der Waals surface area (Å²) in [6.07, 6.45) is 2.99. The number of hydrogen-bond acceptors (Lipinski definition) is 5. The molecular formula is C13H13IN4O3. The lowest BCUT2D eigenvalue weighted by Gasteiger charge is -2.08. The van der Waals surface area contributed by atoms with Gasteiger partial charge in [-0.15, -0.1) is 0 Å². The highest BCUT2D eigenvalue weighted by atomic mass is 127. The third-order valence-electron chi connectivity index (χ3n) is 2.71. The number of nitrogens with two attached hydrogens (primary N) is 1. The fraction of sp³-hybridized carbons (Fsp3) is 0.154. The molecule has 0 saturated heterocycles. The van der Waals surface area contributed by atoms with Crippen LogP contribution in [0.15, 0.2) is 41.6 Å². The molecule has 1 amide bonds. The van der Waals surface area contributed by atoms with Crippen molar-refractivity contribution < 1.29 is 9.53 Å². The SMILES string of the molecule is NNC(=O)c1ccc(OCCn2cncc(I)c2=O)cc1. The topological polar surface area (TPSA) is 99.2 Å². The minimum absolute atomic E-state index is 0.0934. The van der Waals surface area contributed by atoms with Crippen LogP contribution < -0.4 is 21.6 Å². The maximum atomic E-state index is 11.8. The van der Waals surface area contributed by atoms with Gasteiger partial charge in [0.1, 0.15) is 12.4 Å². The number of aromatic nitrogens is 2. The second-order valence-corrected chi connectivity index (χ2v) is 5.25. The van der Waals surface area contributed by atoms with E-state index in [1.807, 2.05) is 22.6 Å². The molecule has 21 heavy (non-hydrogen) atoms. The highest BCUT2D eigenvalue weighted by Crippen LogP contribution is 2.12. The molecule has 110 valence electrons. The molecule has 0 spiro atoms. The Bertz CT molecular complexity index is 685. The highest BCUT2D eigenvalue weighted by molar-refractivity contribution is 14.1. The van der Waals surface area contributed by atoms with Crippen LogP contribution in [0.3, 0.4) is 0 Å². The Balaban J connectivity index is 1.93. The van der Waals surface area contributed by atoms with Crippen LogP contribution in [-0.4, -0.2) is 22.1 Å². The van der Waals surface area contributed by atoms with Crippen LogP contribution in [0.25, 0.3) is 0 Å². The van der Waals surface area contributed by atoms with Gasteiger partial charge in [0.25, 0.3) is 11.5 Å². The van der Waals surface area contributed by atoms with E-state index in [4.69, 9.17) is 10.6 Å². The molecule has 0 fully saturated rings. The second-order valence-electron chi connectivity index (χ2n) is 4.09. The Labute approximate surface area is 134 Å². The molecule has 0 radical (unpaired) electrons. The summed E-state index contributed by atoms with van der Waals surface area (Å²) < 4.78 is 7.57. The van der Waals surface area contributed by atoms with E-state index in [9.17, 15) is 9.59 Å². The van der Waals surface area contributed by atoms with E-state index in [-0.39, 0.29) is 11.5 Å². The number of nitrogens with zero attached hydrogens (tertiary/aromatic N) is 2. The van der Waals surface area contributed by atoms with E-state index in [0.717, 1.165) is 0 Å². The fourth-order valence-corrected chi connectivity index (χ4v) is 2.10. The van der Waals surface area contributed by atoms with E-state index in [2.05, 4.69) is 10.4 Å². The minimum Gasteiger partial charge on any atom is -0.492 e. The molecular weight excluding hydrogens is 387 g/mol. The molecule has 1 aromatic carbocycles. The number of ether oxygens (including phenoxy) is 1. The smallest absolute Gasteiger partial charge is 0.266 e. The molecule has 1 heterocycles. The van der Waals surface area contributed by atoms with Gasteiger partial charge in [-0.3, -0.25) is 19.6 Å². The molecule has 0 bridgehead atoms. The predicted octanol–water partition coefficient (Wildman–Crippen LogP) is 0.530. The van der Waals surface area contributed by atoms with Crippen molar-refractivity contribution in [3.63, 3.8) is 0 Å². The number of carbonyl (C=O) groups is 1. The second kappa shape index (κ2) is 7.18. The van der Waals surface area contributed by atoms with Crippen LogP contribution in [0.2, 0.25) is 0 Å². The third kappa shape index (κ3) is 4.02. The van der Waals surface area contributed by atoms with Gasteiger partial charge in [-0.25, -0.2) is 10.8 Å². The van der Waals surface area contributed by atoms with Gasteiger partial charge in [-0.05, 0) is 46.9 Å². The van der Waals surface area contributed by atoms with Crippen LogP contribution in [0, 0.1) is 3.57 Å². The Morgan fingerprint density at radius 1 is 1.38 bits per heavy atom. The summed E-state index contributed by atoms with van der Waals surface area (Å²) in [6, 6.07) is 6.55. The van der Waals surface area contributed by atoms with Crippen LogP contribution in [0.5, 0.6) is 5.75 Å². The first-order valence-corrected chi connectivity index (χ1v) is 7.13. The summed E-state index contributed by atoms with van der Waals surface area (Å²) in [6.45, 7) is 0.720. The van der Waals surface area contributed by atoms with Gasteiger partial charge in [-0.1, -0.05) is 0 Å². The zero-order chi connectivity index (χ0) is 15.2. The third-order valence-corrected chi connectivity index (χ3v) is 3.45. The maximum absolute atomic E-state index is 11.8. The predicted molar refractivity (Wildman–Crippen MR) is 84.8 cm³/mol. The quantitative estimate of drug-likeness (QED) is 0.330. The lowest BCUT2D eigenvalue weighted by molar-refractivity contribution is 0.0953. The number of carbonyl (C=O) groups excluding carboxylic acids is 1. The highest BCUT2D eigenvalue weighted by Gasteiger charge is 2.04. The lowest BCUT2D eigenvalue weighted by atomic mass is 10.2. The average molecular weight is 400 g/mol. The summed E-state index contributed by atoms with van der Waals surface area (Å²) in [5, 5.41) is 0. The zero-order valence-corrected chi connectivity index (χ0v) is 13.1. The Morgan fingerprint density at radius 3 is 2.76 bits per heavy atom. The molecule has 0 unspecified atom stereocenters. The maximum Gasteiger partial charge on any atom is 0.266 e. The number of hydrazine groups is 1.